The molecule has 0 aliphatic rings. The maximum atomic E-state index is 5.93. The molecular weight excluding hydrogens is 238 g/mol. The van der Waals surface area contributed by atoms with Crippen LogP contribution in [-0.4, -0.2) is 13.2 Å². The minimum Gasteiger partial charge on any atom is -0.494 e. The lowest BCUT2D eigenvalue weighted by atomic mass is 10.1. The van der Waals surface area contributed by atoms with Crippen molar-refractivity contribution >= 4 is 11.0 Å². The first-order valence-electron chi connectivity index (χ1n) is 7.18. The topological polar surface area (TPSA) is 34.4 Å². The molecule has 0 spiro atoms. The van der Waals surface area contributed by atoms with Crippen molar-refractivity contribution < 1.29 is 9.15 Å². The summed E-state index contributed by atoms with van der Waals surface area (Å²) in [5.41, 5.74) is 0.926. The van der Waals surface area contributed by atoms with Crippen LogP contribution in [0.1, 0.15) is 45.4 Å². The third-order valence-electron chi connectivity index (χ3n) is 3.21. The number of fused-ring (bicyclic) bond motifs is 1. The molecule has 0 radical (unpaired) electrons. The Morgan fingerprint density at radius 1 is 1.21 bits per heavy atom. The maximum absolute atomic E-state index is 5.93. The molecule has 3 heteroatoms. The Morgan fingerprint density at radius 2 is 2.05 bits per heavy atom. The summed E-state index contributed by atoms with van der Waals surface area (Å²) in [5, 5.41) is 4.62. The minimum atomic E-state index is 0.294. The molecule has 0 saturated carbocycles. The quantitative estimate of drug-likeness (QED) is 0.807. The van der Waals surface area contributed by atoms with Crippen LogP contribution in [0.5, 0.6) is 5.75 Å². The third-order valence-corrected chi connectivity index (χ3v) is 3.21. The Balaban J connectivity index is 2.24. The van der Waals surface area contributed by atoms with Crippen LogP contribution in [-0.2, 0) is 0 Å². The van der Waals surface area contributed by atoms with Crippen molar-refractivity contribution in [3.63, 3.8) is 0 Å². The zero-order chi connectivity index (χ0) is 13.7. The van der Waals surface area contributed by atoms with Crippen molar-refractivity contribution in [2.24, 2.45) is 0 Å². The second-order valence-electron chi connectivity index (χ2n) is 4.70. The Labute approximate surface area is 114 Å². The van der Waals surface area contributed by atoms with E-state index < -0.39 is 0 Å². The zero-order valence-corrected chi connectivity index (χ0v) is 12.0. The van der Waals surface area contributed by atoms with Gasteiger partial charge >= 0.3 is 0 Å². The van der Waals surface area contributed by atoms with Gasteiger partial charge < -0.3 is 14.5 Å². The third kappa shape index (κ3) is 3.29. The van der Waals surface area contributed by atoms with Crippen LogP contribution >= 0.6 is 0 Å². The largest absolute Gasteiger partial charge is 0.494 e. The van der Waals surface area contributed by atoms with E-state index in [9.17, 15) is 0 Å². The van der Waals surface area contributed by atoms with Gasteiger partial charge in [0.1, 0.15) is 17.1 Å². The second kappa shape index (κ2) is 6.62. The highest BCUT2D eigenvalue weighted by molar-refractivity contribution is 5.79. The van der Waals surface area contributed by atoms with E-state index in [2.05, 4.69) is 25.2 Å². The fraction of sp³-hybridized carbons (Fsp3) is 0.500. The van der Waals surface area contributed by atoms with Crippen molar-refractivity contribution in [2.45, 2.75) is 39.7 Å². The SMILES string of the molecule is CCCNC(CC)c1cc2cc(OCC)ccc2o1. The van der Waals surface area contributed by atoms with Gasteiger partial charge in [0.2, 0.25) is 0 Å². The number of furan rings is 1. The average Bonchev–Trinajstić information content (AvgIpc) is 2.83. The molecule has 0 amide bonds. The molecule has 2 aromatic rings. The van der Waals surface area contributed by atoms with Gasteiger partial charge in [-0.05, 0) is 50.6 Å². The molecule has 1 atom stereocenters. The van der Waals surface area contributed by atoms with Crippen molar-refractivity contribution in [1.82, 2.24) is 5.32 Å². The zero-order valence-electron chi connectivity index (χ0n) is 12.0. The van der Waals surface area contributed by atoms with E-state index in [-0.39, 0.29) is 0 Å². The van der Waals surface area contributed by atoms with E-state index in [0.29, 0.717) is 12.6 Å². The maximum Gasteiger partial charge on any atom is 0.134 e. The summed E-state index contributed by atoms with van der Waals surface area (Å²) < 4.78 is 11.5. The highest BCUT2D eigenvalue weighted by atomic mass is 16.5. The summed E-state index contributed by atoms with van der Waals surface area (Å²) in [7, 11) is 0. The molecule has 1 aromatic carbocycles. The van der Waals surface area contributed by atoms with E-state index in [1.54, 1.807) is 0 Å². The summed E-state index contributed by atoms with van der Waals surface area (Å²) in [6.07, 6.45) is 2.16. The lowest BCUT2D eigenvalue weighted by Crippen LogP contribution is -2.20. The number of rotatable bonds is 7. The fourth-order valence-corrected chi connectivity index (χ4v) is 2.23. The summed E-state index contributed by atoms with van der Waals surface area (Å²) in [4.78, 5) is 0. The van der Waals surface area contributed by atoms with Crippen molar-refractivity contribution in [3.8, 4) is 5.75 Å². The molecule has 1 N–H and O–H groups in total. The van der Waals surface area contributed by atoms with Crippen LogP contribution in [0.25, 0.3) is 11.0 Å². The van der Waals surface area contributed by atoms with E-state index in [1.165, 1.54) is 0 Å². The van der Waals surface area contributed by atoms with Gasteiger partial charge in [0.05, 0.1) is 12.6 Å². The van der Waals surface area contributed by atoms with Gasteiger partial charge in [-0.1, -0.05) is 13.8 Å². The Hall–Kier alpha value is -1.48. The van der Waals surface area contributed by atoms with Gasteiger partial charge in [-0.15, -0.1) is 0 Å². The van der Waals surface area contributed by atoms with Gasteiger partial charge in [0.25, 0.3) is 0 Å². The van der Waals surface area contributed by atoms with Gasteiger partial charge in [-0.25, -0.2) is 0 Å². The lowest BCUT2D eigenvalue weighted by molar-refractivity contribution is 0.340. The lowest BCUT2D eigenvalue weighted by Gasteiger charge is -2.13. The average molecular weight is 261 g/mol. The molecule has 0 saturated heterocycles. The first-order valence-corrected chi connectivity index (χ1v) is 7.18. The molecule has 3 nitrogen and oxygen atoms in total. The standard InChI is InChI=1S/C16H23NO2/c1-4-9-17-14(5-2)16-11-12-10-13(18-6-3)7-8-15(12)19-16/h7-8,10-11,14,17H,4-6,9H2,1-3H3. The molecule has 0 fully saturated rings. The summed E-state index contributed by atoms with van der Waals surface area (Å²) in [5.74, 6) is 1.91. The van der Waals surface area contributed by atoms with Gasteiger partial charge in [-0.3, -0.25) is 0 Å². The minimum absolute atomic E-state index is 0.294. The number of ether oxygens (including phenoxy) is 1. The summed E-state index contributed by atoms with van der Waals surface area (Å²) >= 11 is 0. The Kier molecular flexibility index (Phi) is 4.86. The van der Waals surface area contributed by atoms with E-state index in [4.69, 9.17) is 9.15 Å². The molecule has 1 heterocycles. The van der Waals surface area contributed by atoms with E-state index in [1.807, 2.05) is 25.1 Å². The molecule has 0 aliphatic carbocycles. The predicted molar refractivity (Wildman–Crippen MR) is 78.7 cm³/mol. The highest BCUT2D eigenvalue weighted by Crippen LogP contribution is 2.28. The molecule has 19 heavy (non-hydrogen) atoms. The smallest absolute Gasteiger partial charge is 0.134 e. The normalized spacial score (nSPS) is 12.8. The molecule has 2 rings (SSSR count). The molecule has 1 aromatic heterocycles. The van der Waals surface area contributed by atoms with Crippen molar-refractivity contribution in [3.05, 3.63) is 30.0 Å². The number of hydrogen-bond acceptors (Lipinski definition) is 3. The second-order valence-corrected chi connectivity index (χ2v) is 4.70. The number of benzene rings is 1. The van der Waals surface area contributed by atoms with Crippen LogP contribution < -0.4 is 10.1 Å². The van der Waals surface area contributed by atoms with Crippen LogP contribution in [0.4, 0.5) is 0 Å². The van der Waals surface area contributed by atoms with Crippen molar-refractivity contribution in [2.75, 3.05) is 13.2 Å². The fourth-order valence-electron chi connectivity index (χ4n) is 2.23. The van der Waals surface area contributed by atoms with E-state index in [0.717, 1.165) is 41.9 Å². The predicted octanol–water partition coefficient (Wildman–Crippen LogP) is 4.28. The van der Waals surface area contributed by atoms with Crippen LogP contribution in [0.15, 0.2) is 28.7 Å². The van der Waals surface area contributed by atoms with E-state index >= 15 is 0 Å². The monoisotopic (exact) mass is 261 g/mol. The van der Waals surface area contributed by atoms with Crippen LogP contribution in [0, 0.1) is 0 Å². The molecule has 104 valence electrons. The first-order chi connectivity index (χ1) is 9.28. The molecular formula is C16H23NO2. The van der Waals surface area contributed by atoms with Crippen molar-refractivity contribution in [1.29, 1.82) is 0 Å². The summed E-state index contributed by atoms with van der Waals surface area (Å²) in [6, 6.07) is 8.39. The molecule has 0 bridgehead atoms. The highest BCUT2D eigenvalue weighted by Gasteiger charge is 2.14. The van der Waals surface area contributed by atoms with Gasteiger partial charge in [0.15, 0.2) is 0 Å². The Morgan fingerprint density at radius 3 is 2.74 bits per heavy atom. The van der Waals surface area contributed by atoms with Crippen LogP contribution in [0.2, 0.25) is 0 Å². The molecule has 1 unspecified atom stereocenters. The summed E-state index contributed by atoms with van der Waals surface area (Å²) in [6.45, 7) is 8.04. The number of hydrogen-bond donors (Lipinski definition) is 1. The van der Waals surface area contributed by atoms with Gasteiger partial charge in [0, 0.05) is 5.39 Å². The Bertz CT molecular complexity index is 518. The number of nitrogens with one attached hydrogen (secondary N) is 1. The first kappa shape index (κ1) is 13.9. The van der Waals surface area contributed by atoms with Gasteiger partial charge in [-0.2, -0.15) is 0 Å². The molecule has 0 aliphatic heterocycles. The van der Waals surface area contributed by atoms with Crippen LogP contribution in [0.3, 0.4) is 0 Å².